The lowest BCUT2D eigenvalue weighted by Gasteiger charge is -2.08. The van der Waals surface area contributed by atoms with Crippen molar-refractivity contribution in [3.05, 3.63) is 63.2 Å². The Balaban J connectivity index is 1.66. The van der Waals surface area contributed by atoms with Crippen molar-refractivity contribution in [3.8, 4) is 11.4 Å². The molecule has 0 aliphatic carbocycles. The van der Waals surface area contributed by atoms with Gasteiger partial charge in [-0.05, 0) is 36.8 Å². The van der Waals surface area contributed by atoms with Gasteiger partial charge < -0.3 is 9.88 Å². The highest BCUT2D eigenvalue weighted by Crippen LogP contribution is 2.25. The number of nitrogens with zero attached hydrogens (tertiary/aromatic N) is 4. The van der Waals surface area contributed by atoms with Crippen LogP contribution in [0.2, 0.25) is 5.02 Å². The fraction of sp³-hybridized carbons (Fsp3) is 0.167. The minimum absolute atomic E-state index is 0.00787. The molecule has 0 aliphatic heterocycles. The molecule has 1 aromatic heterocycles. The van der Waals surface area contributed by atoms with Gasteiger partial charge in [-0.2, -0.15) is 0 Å². The Bertz CT molecular complexity index is 1040. The molecule has 1 heterocycles. The lowest BCUT2D eigenvalue weighted by molar-refractivity contribution is -0.384. The molecule has 0 saturated carbocycles. The Kier molecular flexibility index (Phi) is 5.96. The summed E-state index contributed by atoms with van der Waals surface area (Å²) in [5.74, 6) is 0.525. The topological polar surface area (TPSA) is 103 Å². The second-order valence-electron chi connectivity index (χ2n) is 5.97. The van der Waals surface area contributed by atoms with Crippen molar-refractivity contribution >= 4 is 40.6 Å². The van der Waals surface area contributed by atoms with Crippen LogP contribution < -0.4 is 5.32 Å². The van der Waals surface area contributed by atoms with Crippen LogP contribution in [0.3, 0.4) is 0 Å². The smallest absolute Gasteiger partial charge is 0.269 e. The predicted molar refractivity (Wildman–Crippen MR) is 109 cm³/mol. The Morgan fingerprint density at radius 2 is 1.96 bits per heavy atom. The van der Waals surface area contributed by atoms with Crippen molar-refractivity contribution in [2.45, 2.75) is 12.1 Å². The van der Waals surface area contributed by atoms with Gasteiger partial charge in [0.15, 0.2) is 11.0 Å². The number of benzene rings is 2. The van der Waals surface area contributed by atoms with Crippen molar-refractivity contribution < 1.29 is 9.72 Å². The molecule has 0 spiro atoms. The highest BCUT2D eigenvalue weighted by molar-refractivity contribution is 7.99. The summed E-state index contributed by atoms with van der Waals surface area (Å²) < 4.78 is 1.74. The first-order chi connectivity index (χ1) is 13.3. The fourth-order valence-electron chi connectivity index (χ4n) is 2.47. The number of aromatic nitrogens is 3. The fourth-order valence-corrected chi connectivity index (χ4v) is 3.35. The van der Waals surface area contributed by atoms with Gasteiger partial charge in [0.05, 0.1) is 10.7 Å². The minimum Gasteiger partial charge on any atom is -0.325 e. The number of rotatable bonds is 6. The summed E-state index contributed by atoms with van der Waals surface area (Å²) in [7, 11) is 1.78. The number of aryl methyl sites for hydroxylation is 1. The number of hydrogen-bond acceptors (Lipinski definition) is 6. The molecule has 28 heavy (non-hydrogen) atoms. The normalized spacial score (nSPS) is 10.7. The van der Waals surface area contributed by atoms with E-state index in [1.54, 1.807) is 35.9 Å². The molecular weight excluding hydrogens is 402 g/mol. The summed E-state index contributed by atoms with van der Waals surface area (Å²) in [4.78, 5) is 22.5. The molecule has 0 bridgehead atoms. The number of carbonyl (C=O) groups is 1. The van der Waals surface area contributed by atoms with E-state index < -0.39 is 4.92 Å². The molecule has 10 heteroatoms. The molecule has 2 aromatic carbocycles. The zero-order valence-corrected chi connectivity index (χ0v) is 16.6. The van der Waals surface area contributed by atoms with E-state index in [0.29, 0.717) is 27.3 Å². The van der Waals surface area contributed by atoms with Gasteiger partial charge in [0, 0.05) is 35.5 Å². The van der Waals surface area contributed by atoms with Crippen molar-refractivity contribution in [1.82, 2.24) is 14.8 Å². The standard InChI is InChI=1S/C18H16ClN5O3S/c1-11-3-6-13(19)9-15(11)20-16(25)10-28-18-22-21-17(23(18)2)12-4-7-14(8-5-12)24(26)27/h3-9H,10H2,1-2H3,(H,20,25). The molecule has 144 valence electrons. The van der Waals surface area contributed by atoms with E-state index in [0.717, 1.165) is 5.56 Å². The first kappa shape index (κ1) is 19.8. The first-order valence-electron chi connectivity index (χ1n) is 8.18. The van der Waals surface area contributed by atoms with Crippen LogP contribution >= 0.6 is 23.4 Å². The molecule has 0 saturated heterocycles. The zero-order chi connectivity index (χ0) is 20.3. The van der Waals surface area contributed by atoms with Crippen LogP contribution in [0.5, 0.6) is 0 Å². The van der Waals surface area contributed by atoms with Crippen molar-refractivity contribution in [2.75, 3.05) is 11.1 Å². The maximum atomic E-state index is 12.2. The third-order valence-electron chi connectivity index (χ3n) is 3.98. The second kappa shape index (κ2) is 8.41. The molecule has 0 atom stereocenters. The van der Waals surface area contributed by atoms with E-state index >= 15 is 0 Å². The number of hydrogen-bond donors (Lipinski definition) is 1. The summed E-state index contributed by atoms with van der Waals surface area (Å²) in [5, 5.41) is 22.9. The highest BCUT2D eigenvalue weighted by Gasteiger charge is 2.14. The Labute approximate surface area is 170 Å². The van der Waals surface area contributed by atoms with Gasteiger partial charge in [-0.25, -0.2) is 0 Å². The third-order valence-corrected chi connectivity index (χ3v) is 5.23. The van der Waals surface area contributed by atoms with E-state index in [-0.39, 0.29) is 17.3 Å². The highest BCUT2D eigenvalue weighted by atomic mass is 35.5. The lowest BCUT2D eigenvalue weighted by Crippen LogP contribution is -2.15. The van der Waals surface area contributed by atoms with E-state index in [1.165, 1.54) is 23.9 Å². The van der Waals surface area contributed by atoms with Crippen LogP contribution in [-0.4, -0.2) is 31.3 Å². The molecule has 1 N–H and O–H groups in total. The number of thioether (sulfide) groups is 1. The number of amides is 1. The molecule has 3 rings (SSSR count). The molecule has 0 fully saturated rings. The quantitative estimate of drug-likeness (QED) is 0.368. The van der Waals surface area contributed by atoms with Gasteiger partial charge >= 0.3 is 0 Å². The molecular formula is C18H16ClN5O3S. The molecule has 8 nitrogen and oxygen atoms in total. The number of nitro groups is 1. The van der Waals surface area contributed by atoms with Gasteiger partial charge in [0.2, 0.25) is 5.91 Å². The van der Waals surface area contributed by atoms with Crippen LogP contribution in [0, 0.1) is 17.0 Å². The van der Waals surface area contributed by atoms with Crippen LogP contribution in [-0.2, 0) is 11.8 Å². The van der Waals surface area contributed by atoms with Crippen molar-refractivity contribution in [3.63, 3.8) is 0 Å². The monoisotopic (exact) mass is 417 g/mol. The summed E-state index contributed by atoms with van der Waals surface area (Å²) >= 11 is 7.21. The maximum Gasteiger partial charge on any atom is 0.269 e. The number of nitro benzene ring substituents is 1. The first-order valence-corrected chi connectivity index (χ1v) is 9.54. The summed E-state index contributed by atoms with van der Waals surface area (Å²) in [6.07, 6.45) is 0. The second-order valence-corrected chi connectivity index (χ2v) is 7.34. The van der Waals surface area contributed by atoms with Gasteiger partial charge in [-0.15, -0.1) is 10.2 Å². The number of halogens is 1. The SMILES string of the molecule is Cc1ccc(Cl)cc1NC(=O)CSc1nnc(-c2ccc([N+](=O)[O-])cc2)n1C. The maximum absolute atomic E-state index is 12.2. The van der Waals surface area contributed by atoms with Gasteiger partial charge in [0.1, 0.15) is 0 Å². The Morgan fingerprint density at radius 3 is 2.64 bits per heavy atom. The Hall–Kier alpha value is -2.91. The summed E-state index contributed by atoms with van der Waals surface area (Å²) in [6, 6.07) is 11.4. The minimum atomic E-state index is -0.456. The van der Waals surface area contributed by atoms with Crippen LogP contribution in [0.15, 0.2) is 47.6 Å². The lowest BCUT2D eigenvalue weighted by atomic mass is 10.2. The van der Waals surface area contributed by atoms with E-state index in [4.69, 9.17) is 11.6 Å². The zero-order valence-electron chi connectivity index (χ0n) is 15.0. The molecule has 0 radical (unpaired) electrons. The van der Waals surface area contributed by atoms with Crippen molar-refractivity contribution in [2.24, 2.45) is 7.05 Å². The molecule has 0 unspecified atom stereocenters. The predicted octanol–water partition coefficient (Wildman–Crippen LogP) is 4.08. The van der Waals surface area contributed by atoms with Crippen molar-refractivity contribution in [1.29, 1.82) is 0 Å². The number of nitrogens with one attached hydrogen (secondary N) is 1. The molecule has 0 aliphatic rings. The average Bonchev–Trinajstić information content (AvgIpc) is 3.03. The summed E-state index contributed by atoms with van der Waals surface area (Å²) in [6.45, 7) is 1.89. The molecule has 1 amide bonds. The van der Waals surface area contributed by atoms with Crippen LogP contribution in [0.4, 0.5) is 11.4 Å². The number of anilines is 1. The van der Waals surface area contributed by atoms with E-state index in [9.17, 15) is 14.9 Å². The Morgan fingerprint density at radius 1 is 1.25 bits per heavy atom. The largest absolute Gasteiger partial charge is 0.325 e. The van der Waals surface area contributed by atoms with Crippen LogP contribution in [0.25, 0.3) is 11.4 Å². The third kappa shape index (κ3) is 4.49. The van der Waals surface area contributed by atoms with Gasteiger partial charge in [-0.3, -0.25) is 14.9 Å². The number of non-ortho nitro benzene ring substituents is 1. The van der Waals surface area contributed by atoms with E-state index in [1.807, 2.05) is 13.0 Å². The van der Waals surface area contributed by atoms with E-state index in [2.05, 4.69) is 15.5 Å². The summed E-state index contributed by atoms with van der Waals surface area (Å²) in [5.41, 5.74) is 2.30. The average molecular weight is 418 g/mol. The molecule has 3 aromatic rings. The van der Waals surface area contributed by atoms with Gasteiger partial charge in [-0.1, -0.05) is 29.4 Å². The van der Waals surface area contributed by atoms with Crippen LogP contribution in [0.1, 0.15) is 5.56 Å². The number of carbonyl (C=O) groups excluding carboxylic acids is 1. The van der Waals surface area contributed by atoms with Gasteiger partial charge in [0.25, 0.3) is 5.69 Å².